The lowest BCUT2D eigenvalue weighted by Gasteiger charge is -2.32. The highest BCUT2D eigenvalue weighted by molar-refractivity contribution is 5.95. The molecule has 1 amide bonds. The second-order valence-corrected chi connectivity index (χ2v) is 4.80. The number of benzene rings is 1. The molecule has 1 fully saturated rings. The van der Waals surface area contributed by atoms with Crippen LogP contribution in [0.15, 0.2) is 18.2 Å². The van der Waals surface area contributed by atoms with Crippen molar-refractivity contribution in [2.45, 2.75) is 12.5 Å². The van der Waals surface area contributed by atoms with E-state index in [9.17, 15) is 14.9 Å². The molecule has 1 aliphatic rings. The molecule has 0 aliphatic carbocycles. The van der Waals surface area contributed by atoms with Gasteiger partial charge in [0.1, 0.15) is 0 Å². The maximum atomic E-state index is 12.5. The van der Waals surface area contributed by atoms with Gasteiger partial charge in [0.15, 0.2) is 5.75 Å². The third-order valence-corrected chi connectivity index (χ3v) is 3.39. The van der Waals surface area contributed by atoms with Crippen LogP contribution in [0.25, 0.3) is 0 Å². The maximum Gasteiger partial charge on any atom is 0.310 e. The molecule has 1 atom stereocenters. The summed E-state index contributed by atoms with van der Waals surface area (Å²) >= 11 is 0. The van der Waals surface area contributed by atoms with E-state index in [2.05, 4.69) is 5.92 Å². The van der Waals surface area contributed by atoms with Crippen molar-refractivity contribution in [1.29, 1.82) is 0 Å². The zero-order valence-corrected chi connectivity index (χ0v) is 12.2. The molecule has 0 saturated carbocycles. The topological polar surface area (TPSA) is 81.9 Å². The third-order valence-electron chi connectivity index (χ3n) is 3.39. The highest BCUT2D eigenvalue weighted by Gasteiger charge is 2.26. The summed E-state index contributed by atoms with van der Waals surface area (Å²) in [5.74, 6) is 2.35. The highest BCUT2D eigenvalue weighted by atomic mass is 16.6. The van der Waals surface area contributed by atoms with E-state index in [0.717, 1.165) is 0 Å². The Hall–Kier alpha value is -2.59. The van der Waals surface area contributed by atoms with Crippen LogP contribution in [0.3, 0.4) is 0 Å². The van der Waals surface area contributed by atoms with Gasteiger partial charge in [-0.2, -0.15) is 0 Å². The lowest BCUT2D eigenvalue weighted by Crippen LogP contribution is -2.45. The largest absolute Gasteiger partial charge is 0.490 e. The van der Waals surface area contributed by atoms with Gasteiger partial charge in [-0.3, -0.25) is 14.9 Å². The summed E-state index contributed by atoms with van der Waals surface area (Å²) in [4.78, 5) is 24.4. The van der Waals surface area contributed by atoms with Crippen molar-refractivity contribution in [3.63, 3.8) is 0 Å². The van der Waals surface area contributed by atoms with Crippen molar-refractivity contribution in [2.75, 3.05) is 26.8 Å². The first-order valence-electron chi connectivity index (χ1n) is 6.73. The van der Waals surface area contributed by atoms with E-state index in [-0.39, 0.29) is 23.4 Å². The number of carbonyl (C=O) groups is 1. The maximum absolute atomic E-state index is 12.5. The zero-order valence-electron chi connectivity index (χ0n) is 12.2. The number of hydrogen-bond acceptors (Lipinski definition) is 5. The molecule has 22 heavy (non-hydrogen) atoms. The Balaban J connectivity index is 2.19. The molecule has 0 aromatic heterocycles. The van der Waals surface area contributed by atoms with Crippen LogP contribution in [0.1, 0.15) is 16.8 Å². The molecule has 1 aliphatic heterocycles. The molecule has 1 heterocycles. The van der Waals surface area contributed by atoms with Crippen LogP contribution in [0.2, 0.25) is 0 Å². The average Bonchev–Trinajstić information content (AvgIpc) is 2.54. The van der Waals surface area contributed by atoms with Gasteiger partial charge in [0.25, 0.3) is 5.91 Å². The molecule has 7 heteroatoms. The highest BCUT2D eigenvalue weighted by Crippen LogP contribution is 2.28. The van der Waals surface area contributed by atoms with Crippen molar-refractivity contribution >= 4 is 11.6 Å². The Morgan fingerprint density at radius 1 is 1.64 bits per heavy atom. The Morgan fingerprint density at radius 3 is 3.05 bits per heavy atom. The Kier molecular flexibility index (Phi) is 4.96. The molecular formula is C15H16N2O5. The van der Waals surface area contributed by atoms with Crippen LogP contribution in [0, 0.1) is 22.5 Å². The van der Waals surface area contributed by atoms with Crippen LogP contribution in [-0.4, -0.2) is 48.6 Å². The van der Waals surface area contributed by atoms with Gasteiger partial charge < -0.3 is 14.4 Å². The normalized spacial score (nSPS) is 17.6. The number of carbonyl (C=O) groups excluding carboxylic acids is 1. The lowest BCUT2D eigenvalue weighted by molar-refractivity contribution is -0.385. The van der Waals surface area contributed by atoms with Crippen molar-refractivity contribution in [2.24, 2.45) is 0 Å². The van der Waals surface area contributed by atoms with Gasteiger partial charge in [0, 0.05) is 37.2 Å². The fraction of sp³-hybridized carbons (Fsp3) is 0.400. The van der Waals surface area contributed by atoms with Gasteiger partial charge in [0.2, 0.25) is 0 Å². The molecule has 0 radical (unpaired) electrons. The number of terminal acetylenes is 1. The molecule has 1 aromatic rings. The fourth-order valence-electron chi connectivity index (χ4n) is 2.30. The second kappa shape index (κ2) is 6.91. The number of amides is 1. The van der Waals surface area contributed by atoms with Crippen molar-refractivity contribution in [3.05, 3.63) is 33.9 Å². The molecule has 1 aromatic carbocycles. The number of ether oxygens (including phenoxy) is 2. The fourth-order valence-corrected chi connectivity index (χ4v) is 2.30. The molecule has 2 rings (SSSR count). The van der Waals surface area contributed by atoms with Crippen LogP contribution in [-0.2, 0) is 4.74 Å². The van der Waals surface area contributed by atoms with E-state index in [0.29, 0.717) is 31.7 Å². The number of nitro groups is 1. The Bertz CT molecular complexity index is 623. The average molecular weight is 304 g/mol. The van der Waals surface area contributed by atoms with Crippen molar-refractivity contribution < 1.29 is 19.2 Å². The summed E-state index contributed by atoms with van der Waals surface area (Å²) in [6, 6.07) is 4.08. The first kappa shape index (κ1) is 15.8. The van der Waals surface area contributed by atoms with Crippen molar-refractivity contribution in [1.82, 2.24) is 4.90 Å². The van der Waals surface area contributed by atoms with E-state index in [1.807, 2.05) is 0 Å². The van der Waals surface area contributed by atoms with Crippen molar-refractivity contribution in [3.8, 4) is 18.1 Å². The van der Waals surface area contributed by atoms with Gasteiger partial charge in [-0.1, -0.05) is 0 Å². The number of methoxy groups -OCH3 is 1. The van der Waals surface area contributed by atoms with Gasteiger partial charge in [0.05, 0.1) is 24.7 Å². The van der Waals surface area contributed by atoms with Gasteiger partial charge in [-0.05, 0) is 6.07 Å². The smallest absolute Gasteiger partial charge is 0.310 e. The summed E-state index contributed by atoms with van der Waals surface area (Å²) in [6.07, 6.45) is 5.52. The minimum atomic E-state index is -0.551. The van der Waals surface area contributed by atoms with E-state index >= 15 is 0 Å². The van der Waals surface area contributed by atoms with E-state index in [4.69, 9.17) is 15.9 Å². The molecule has 1 saturated heterocycles. The first-order chi connectivity index (χ1) is 10.6. The molecule has 0 unspecified atom stereocenters. The predicted octanol–water partition coefficient (Wildman–Crippen LogP) is 1.47. The standard InChI is InChI=1S/C15H16N2O5/c1-3-4-12-10-16(7-8-22-12)15(18)11-5-6-13(17(19)20)14(9-11)21-2/h1,5-6,9,12H,4,7-8,10H2,2H3/t12-/m0/s1. The monoisotopic (exact) mass is 304 g/mol. The number of rotatable bonds is 4. The van der Waals surface area contributed by atoms with Crippen LogP contribution in [0.4, 0.5) is 5.69 Å². The van der Waals surface area contributed by atoms with Gasteiger partial charge in [-0.25, -0.2) is 0 Å². The SMILES string of the molecule is C#CC[C@H]1CN(C(=O)c2ccc([N+](=O)[O-])c(OC)c2)CCO1. The minimum absolute atomic E-state index is 0.0595. The van der Waals surface area contributed by atoms with Crippen LogP contribution >= 0.6 is 0 Å². The summed E-state index contributed by atoms with van der Waals surface area (Å²) < 4.78 is 10.5. The van der Waals surface area contributed by atoms with Gasteiger partial charge in [-0.15, -0.1) is 12.3 Å². The number of morpholine rings is 1. The number of nitrogens with zero attached hydrogens (tertiary/aromatic N) is 2. The summed E-state index contributed by atoms with van der Waals surface area (Å²) in [5.41, 5.74) is 0.162. The molecule has 0 bridgehead atoms. The summed E-state index contributed by atoms with van der Waals surface area (Å²) in [6.45, 7) is 1.28. The number of hydrogen-bond donors (Lipinski definition) is 0. The molecule has 0 spiro atoms. The minimum Gasteiger partial charge on any atom is -0.490 e. The Labute approximate surface area is 128 Å². The second-order valence-electron chi connectivity index (χ2n) is 4.80. The summed E-state index contributed by atoms with van der Waals surface area (Å²) in [7, 11) is 1.33. The van der Waals surface area contributed by atoms with Crippen LogP contribution in [0.5, 0.6) is 5.75 Å². The number of nitro benzene ring substituents is 1. The van der Waals surface area contributed by atoms with E-state index < -0.39 is 4.92 Å². The molecule has 0 N–H and O–H groups in total. The van der Waals surface area contributed by atoms with Gasteiger partial charge >= 0.3 is 5.69 Å². The van der Waals surface area contributed by atoms with E-state index in [1.165, 1.54) is 25.3 Å². The molecule has 7 nitrogen and oxygen atoms in total. The molecule has 116 valence electrons. The summed E-state index contributed by atoms with van der Waals surface area (Å²) in [5, 5.41) is 10.9. The first-order valence-corrected chi connectivity index (χ1v) is 6.73. The third kappa shape index (κ3) is 3.35. The zero-order chi connectivity index (χ0) is 16.1. The predicted molar refractivity (Wildman–Crippen MR) is 78.7 cm³/mol. The lowest BCUT2D eigenvalue weighted by atomic mass is 10.1. The Morgan fingerprint density at radius 2 is 2.41 bits per heavy atom. The quantitative estimate of drug-likeness (QED) is 0.478. The molecular weight excluding hydrogens is 288 g/mol. The van der Waals surface area contributed by atoms with E-state index in [1.54, 1.807) is 4.90 Å². The van der Waals surface area contributed by atoms with Crippen LogP contribution < -0.4 is 4.74 Å².